The number of carbonyl (C=O) groups is 3. The fraction of sp³-hybridized carbons (Fsp3) is 0.400. The van der Waals surface area contributed by atoms with Crippen molar-refractivity contribution >= 4 is 40.3 Å². The van der Waals surface area contributed by atoms with E-state index in [4.69, 9.17) is 0 Å². The van der Waals surface area contributed by atoms with Crippen LogP contribution in [0.5, 0.6) is 0 Å². The molecule has 1 aromatic rings. The number of nitrogens with zero attached hydrogens (tertiary/aromatic N) is 1. The summed E-state index contributed by atoms with van der Waals surface area (Å²) in [5.74, 6) is -1.37. The van der Waals surface area contributed by atoms with Gasteiger partial charge in [-0.05, 0) is 53.6 Å². The van der Waals surface area contributed by atoms with Crippen LogP contribution >= 0.6 is 22.6 Å². The molecule has 1 aliphatic rings. The van der Waals surface area contributed by atoms with Gasteiger partial charge in [0.25, 0.3) is 5.91 Å². The van der Waals surface area contributed by atoms with Crippen molar-refractivity contribution in [3.8, 4) is 0 Å². The number of likely N-dealkylation sites (tertiary alicyclic amines) is 1. The summed E-state index contributed by atoms with van der Waals surface area (Å²) in [6.07, 6.45) is 1.38. The summed E-state index contributed by atoms with van der Waals surface area (Å²) in [5, 5.41) is 5.06. The van der Waals surface area contributed by atoms with E-state index in [2.05, 4.69) is 10.6 Å². The molecule has 0 radical (unpaired) electrons. The molecule has 6 nitrogen and oxygen atoms in total. The third-order valence-corrected chi connectivity index (χ3v) is 4.59. The molecule has 0 saturated carbocycles. The van der Waals surface area contributed by atoms with E-state index >= 15 is 0 Å². The smallest absolute Gasteiger partial charge is 0.252 e. The molecular formula is C15H17FIN3O3. The van der Waals surface area contributed by atoms with E-state index in [9.17, 15) is 18.8 Å². The largest absolute Gasteiger partial charge is 0.357 e. The Hall–Kier alpha value is -1.71. The number of rotatable bonds is 4. The first-order valence-corrected chi connectivity index (χ1v) is 8.26. The van der Waals surface area contributed by atoms with Crippen molar-refractivity contribution in [2.24, 2.45) is 0 Å². The highest BCUT2D eigenvalue weighted by Crippen LogP contribution is 2.17. The summed E-state index contributed by atoms with van der Waals surface area (Å²) in [4.78, 5) is 37.5. The summed E-state index contributed by atoms with van der Waals surface area (Å²) in [6, 6.07) is 3.34. The van der Waals surface area contributed by atoms with Gasteiger partial charge in [0.15, 0.2) is 0 Å². The average molecular weight is 433 g/mol. The van der Waals surface area contributed by atoms with Crippen LogP contribution in [-0.4, -0.2) is 48.8 Å². The van der Waals surface area contributed by atoms with Crippen molar-refractivity contribution in [1.29, 1.82) is 0 Å². The molecule has 23 heavy (non-hydrogen) atoms. The molecule has 2 N–H and O–H groups in total. The van der Waals surface area contributed by atoms with Gasteiger partial charge in [-0.2, -0.15) is 0 Å². The van der Waals surface area contributed by atoms with E-state index < -0.39 is 17.8 Å². The second kappa shape index (κ2) is 7.71. The van der Waals surface area contributed by atoms with Gasteiger partial charge in [-0.3, -0.25) is 14.4 Å². The molecular weight excluding hydrogens is 416 g/mol. The normalized spacial score (nSPS) is 17.0. The molecule has 124 valence electrons. The molecule has 1 atom stereocenters. The number of likely N-dealkylation sites (N-methyl/N-ethyl adjacent to an activating group) is 1. The number of hydrogen-bond donors (Lipinski definition) is 2. The Labute approximate surface area is 146 Å². The van der Waals surface area contributed by atoms with Crippen LogP contribution in [0.1, 0.15) is 23.2 Å². The maximum atomic E-state index is 13.0. The zero-order valence-corrected chi connectivity index (χ0v) is 14.7. The monoisotopic (exact) mass is 433 g/mol. The molecule has 1 heterocycles. The Morgan fingerprint density at radius 1 is 1.39 bits per heavy atom. The second-order valence-electron chi connectivity index (χ2n) is 5.17. The van der Waals surface area contributed by atoms with Crippen molar-refractivity contribution < 1.29 is 18.8 Å². The minimum Gasteiger partial charge on any atom is -0.357 e. The topological polar surface area (TPSA) is 78.5 Å². The molecule has 1 saturated heterocycles. The Morgan fingerprint density at radius 2 is 2.13 bits per heavy atom. The third kappa shape index (κ3) is 4.18. The van der Waals surface area contributed by atoms with Crippen LogP contribution in [0.2, 0.25) is 0 Å². The Balaban J connectivity index is 1.96. The molecule has 1 fully saturated rings. The van der Waals surface area contributed by atoms with E-state index in [1.165, 1.54) is 30.1 Å². The van der Waals surface area contributed by atoms with Crippen LogP contribution in [0.25, 0.3) is 0 Å². The Kier molecular flexibility index (Phi) is 5.91. The van der Waals surface area contributed by atoms with E-state index in [1.54, 1.807) is 0 Å². The number of hydrogen-bond acceptors (Lipinski definition) is 3. The number of nitrogens with one attached hydrogen (secondary N) is 2. The van der Waals surface area contributed by atoms with E-state index in [-0.39, 0.29) is 18.4 Å². The summed E-state index contributed by atoms with van der Waals surface area (Å²) in [6.45, 7) is 0.306. The predicted octanol–water partition coefficient (Wildman–Crippen LogP) is 0.897. The van der Waals surface area contributed by atoms with Crippen molar-refractivity contribution in [3.05, 3.63) is 33.1 Å². The van der Waals surface area contributed by atoms with Gasteiger partial charge in [0.05, 0.1) is 12.1 Å². The van der Waals surface area contributed by atoms with E-state index in [0.717, 1.165) is 6.42 Å². The lowest BCUT2D eigenvalue weighted by atomic mass is 10.2. The molecule has 1 unspecified atom stereocenters. The van der Waals surface area contributed by atoms with Crippen LogP contribution in [0, 0.1) is 9.39 Å². The lowest BCUT2D eigenvalue weighted by molar-refractivity contribution is -0.137. The van der Waals surface area contributed by atoms with Crippen molar-refractivity contribution in [1.82, 2.24) is 15.5 Å². The fourth-order valence-electron chi connectivity index (χ4n) is 2.53. The zero-order chi connectivity index (χ0) is 17.0. The van der Waals surface area contributed by atoms with Gasteiger partial charge in [-0.25, -0.2) is 4.39 Å². The van der Waals surface area contributed by atoms with Gasteiger partial charge >= 0.3 is 0 Å². The summed E-state index contributed by atoms with van der Waals surface area (Å²) >= 11 is 1.86. The van der Waals surface area contributed by atoms with Crippen LogP contribution in [0.4, 0.5) is 4.39 Å². The standard InChI is InChI=1S/C15H17FIN3O3/c1-18-15(23)12-3-2-6-20(12)13(21)8-19-14(22)10-5-4-9(16)7-11(10)17/h4-5,7,12H,2-3,6,8H2,1H3,(H,18,23)(H,19,22). The lowest BCUT2D eigenvalue weighted by Gasteiger charge is -2.23. The predicted molar refractivity (Wildman–Crippen MR) is 90.3 cm³/mol. The third-order valence-electron chi connectivity index (χ3n) is 3.70. The van der Waals surface area contributed by atoms with E-state index in [1.807, 2.05) is 22.6 Å². The van der Waals surface area contributed by atoms with Crippen molar-refractivity contribution in [3.63, 3.8) is 0 Å². The molecule has 0 aromatic heterocycles. The van der Waals surface area contributed by atoms with E-state index in [0.29, 0.717) is 22.1 Å². The maximum Gasteiger partial charge on any atom is 0.252 e. The molecule has 1 aromatic carbocycles. The first-order chi connectivity index (χ1) is 10.9. The molecule has 2 rings (SSSR count). The van der Waals surface area contributed by atoms with Crippen LogP contribution in [0.15, 0.2) is 18.2 Å². The van der Waals surface area contributed by atoms with Crippen LogP contribution in [0.3, 0.4) is 0 Å². The highest BCUT2D eigenvalue weighted by Gasteiger charge is 2.33. The fourth-order valence-corrected chi connectivity index (χ4v) is 3.25. The molecule has 1 aliphatic heterocycles. The molecule has 0 bridgehead atoms. The number of carbonyl (C=O) groups excluding carboxylic acids is 3. The Bertz CT molecular complexity index is 638. The van der Waals surface area contributed by atoms with Crippen LogP contribution < -0.4 is 10.6 Å². The second-order valence-corrected chi connectivity index (χ2v) is 6.33. The maximum absolute atomic E-state index is 13.0. The minimum absolute atomic E-state index is 0.195. The Morgan fingerprint density at radius 3 is 2.78 bits per heavy atom. The van der Waals surface area contributed by atoms with Crippen LogP contribution in [-0.2, 0) is 9.59 Å². The quantitative estimate of drug-likeness (QED) is 0.693. The first kappa shape index (κ1) is 17.6. The highest BCUT2D eigenvalue weighted by atomic mass is 127. The van der Waals surface area contributed by atoms with Gasteiger partial charge in [-0.15, -0.1) is 0 Å². The SMILES string of the molecule is CNC(=O)C1CCCN1C(=O)CNC(=O)c1ccc(F)cc1I. The zero-order valence-electron chi connectivity index (χ0n) is 12.6. The highest BCUT2D eigenvalue weighted by molar-refractivity contribution is 14.1. The number of benzene rings is 1. The van der Waals surface area contributed by atoms with Gasteiger partial charge in [-0.1, -0.05) is 0 Å². The first-order valence-electron chi connectivity index (χ1n) is 7.18. The van der Waals surface area contributed by atoms with Gasteiger partial charge in [0.2, 0.25) is 11.8 Å². The number of amides is 3. The average Bonchev–Trinajstić information content (AvgIpc) is 3.01. The number of halogens is 2. The molecule has 3 amide bonds. The van der Waals surface area contributed by atoms with Gasteiger partial charge < -0.3 is 15.5 Å². The van der Waals surface area contributed by atoms with Crippen molar-refractivity contribution in [2.45, 2.75) is 18.9 Å². The minimum atomic E-state index is -0.477. The summed E-state index contributed by atoms with van der Waals surface area (Å²) in [7, 11) is 1.53. The van der Waals surface area contributed by atoms with Gasteiger partial charge in [0.1, 0.15) is 11.9 Å². The molecule has 8 heteroatoms. The molecule has 0 aliphatic carbocycles. The van der Waals surface area contributed by atoms with Crippen molar-refractivity contribution in [2.75, 3.05) is 20.1 Å². The summed E-state index contributed by atoms with van der Waals surface area (Å²) in [5.41, 5.74) is 0.309. The summed E-state index contributed by atoms with van der Waals surface area (Å²) < 4.78 is 13.5. The molecule has 0 spiro atoms. The lowest BCUT2D eigenvalue weighted by Crippen LogP contribution is -2.48. The van der Waals surface area contributed by atoms with Gasteiger partial charge in [0, 0.05) is 17.2 Å².